The highest BCUT2D eigenvalue weighted by molar-refractivity contribution is 9.10. The number of nitrogens with zero attached hydrogens (tertiary/aromatic N) is 1. The van der Waals surface area contributed by atoms with E-state index in [1.54, 1.807) is 48.4 Å². The average Bonchev–Trinajstić information content (AvgIpc) is 3.22. The van der Waals surface area contributed by atoms with Gasteiger partial charge in [0.1, 0.15) is 11.3 Å². The Morgan fingerprint density at radius 1 is 0.974 bits per heavy atom. The number of ether oxygens (including phenoxy) is 3. The van der Waals surface area contributed by atoms with Gasteiger partial charge in [0.15, 0.2) is 16.9 Å². The molecule has 196 valence electrons. The summed E-state index contributed by atoms with van der Waals surface area (Å²) in [6.45, 7) is 5.01. The van der Waals surface area contributed by atoms with Gasteiger partial charge in [0.25, 0.3) is 5.91 Å². The van der Waals surface area contributed by atoms with Gasteiger partial charge in [0.2, 0.25) is 5.76 Å². The molecule has 1 atom stereocenters. The van der Waals surface area contributed by atoms with E-state index in [2.05, 4.69) is 22.9 Å². The fourth-order valence-electron chi connectivity index (χ4n) is 4.70. The third kappa shape index (κ3) is 4.65. The van der Waals surface area contributed by atoms with E-state index in [-0.39, 0.29) is 16.8 Å². The molecule has 1 aliphatic heterocycles. The largest absolute Gasteiger partial charge is 0.497 e. The van der Waals surface area contributed by atoms with Crippen LogP contribution in [-0.2, 0) is 0 Å². The smallest absolute Gasteiger partial charge is 0.295 e. The first-order chi connectivity index (χ1) is 18.5. The van der Waals surface area contributed by atoms with Gasteiger partial charge < -0.3 is 18.6 Å². The molecule has 7 nitrogen and oxygen atoms in total. The first kappa shape index (κ1) is 25.9. The molecule has 4 aromatic rings. The molecular weight excluding hydrogens is 550 g/mol. The first-order valence-electron chi connectivity index (χ1n) is 12.6. The third-order valence-corrected chi connectivity index (χ3v) is 7.00. The predicted molar refractivity (Wildman–Crippen MR) is 150 cm³/mol. The number of fused-ring (bicyclic) bond motifs is 2. The highest BCUT2D eigenvalue weighted by Crippen LogP contribution is 2.44. The lowest BCUT2D eigenvalue weighted by atomic mass is 9.97. The van der Waals surface area contributed by atoms with E-state index in [1.165, 1.54) is 0 Å². The van der Waals surface area contributed by atoms with Crippen LogP contribution in [0.5, 0.6) is 17.2 Å². The van der Waals surface area contributed by atoms with Gasteiger partial charge in [-0.05, 0) is 61.4 Å². The molecule has 0 N–H and O–H groups in total. The Morgan fingerprint density at radius 3 is 2.58 bits per heavy atom. The van der Waals surface area contributed by atoms with Crippen molar-refractivity contribution in [3.8, 4) is 17.2 Å². The van der Waals surface area contributed by atoms with E-state index in [4.69, 9.17) is 18.6 Å². The molecule has 1 amide bonds. The summed E-state index contributed by atoms with van der Waals surface area (Å²) < 4.78 is 24.1. The standard InChI is InChI=1S/C30H28BrNO6/c1-4-6-14-37-24-12-10-18(15-25(24)36-5-2)27-26-28(33)22-16-19(31)11-13-23(22)38-29(26)30(34)32(27)20-8-7-9-21(17-20)35-3/h7-13,15-17,27H,4-6,14H2,1-3H3. The number of carbonyl (C=O) groups is 1. The van der Waals surface area contributed by atoms with E-state index in [0.29, 0.717) is 52.7 Å². The summed E-state index contributed by atoms with van der Waals surface area (Å²) in [4.78, 5) is 29.4. The molecule has 0 bridgehead atoms. The van der Waals surface area contributed by atoms with Gasteiger partial charge >= 0.3 is 0 Å². The van der Waals surface area contributed by atoms with Crippen LogP contribution in [0.1, 0.15) is 54.4 Å². The zero-order valence-corrected chi connectivity index (χ0v) is 23.0. The minimum atomic E-state index is -0.742. The summed E-state index contributed by atoms with van der Waals surface area (Å²) in [5.41, 5.74) is 1.66. The van der Waals surface area contributed by atoms with E-state index in [0.717, 1.165) is 17.3 Å². The molecular formula is C30H28BrNO6. The molecule has 8 heteroatoms. The summed E-state index contributed by atoms with van der Waals surface area (Å²) in [7, 11) is 1.57. The van der Waals surface area contributed by atoms with Gasteiger partial charge in [-0.3, -0.25) is 14.5 Å². The van der Waals surface area contributed by atoms with E-state index < -0.39 is 11.9 Å². The lowest BCUT2D eigenvalue weighted by molar-refractivity contribution is 0.0971. The van der Waals surface area contributed by atoms with Crippen molar-refractivity contribution in [2.45, 2.75) is 32.7 Å². The summed E-state index contributed by atoms with van der Waals surface area (Å²) in [5.74, 6) is 1.39. The molecule has 0 saturated carbocycles. The van der Waals surface area contributed by atoms with Crippen LogP contribution < -0.4 is 24.5 Å². The SMILES string of the molecule is CCCCOc1ccc(C2c3c(oc4ccc(Br)cc4c3=O)C(=O)N2c2cccc(OC)c2)cc1OCC. The lowest BCUT2D eigenvalue weighted by Gasteiger charge is -2.26. The summed E-state index contributed by atoms with van der Waals surface area (Å²) in [6, 6.07) is 17.2. The second-order valence-electron chi connectivity index (χ2n) is 8.93. The Hall–Kier alpha value is -3.78. The van der Waals surface area contributed by atoms with Crippen molar-refractivity contribution in [3.63, 3.8) is 0 Å². The number of benzene rings is 3. The van der Waals surface area contributed by atoms with Crippen LogP contribution in [0.25, 0.3) is 11.0 Å². The van der Waals surface area contributed by atoms with Crippen molar-refractivity contribution in [1.29, 1.82) is 0 Å². The van der Waals surface area contributed by atoms with Gasteiger partial charge in [-0.15, -0.1) is 0 Å². The molecule has 0 fully saturated rings. The Labute approximate surface area is 229 Å². The molecule has 3 aromatic carbocycles. The summed E-state index contributed by atoms with van der Waals surface area (Å²) >= 11 is 3.44. The third-order valence-electron chi connectivity index (χ3n) is 6.50. The topological polar surface area (TPSA) is 78.2 Å². The maximum absolute atomic E-state index is 13.9. The molecule has 0 spiro atoms. The summed E-state index contributed by atoms with van der Waals surface area (Å²) in [5, 5.41) is 0.396. The number of halogens is 1. The van der Waals surface area contributed by atoms with Crippen LogP contribution in [0.4, 0.5) is 5.69 Å². The Balaban J connectivity index is 1.72. The van der Waals surface area contributed by atoms with Crippen LogP contribution in [-0.4, -0.2) is 26.2 Å². The van der Waals surface area contributed by atoms with Gasteiger partial charge in [-0.2, -0.15) is 0 Å². The van der Waals surface area contributed by atoms with Crippen LogP contribution in [0.2, 0.25) is 0 Å². The fourth-order valence-corrected chi connectivity index (χ4v) is 5.06. The van der Waals surface area contributed by atoms with Crippen molar-refractivity contribution in [2.24, 2.45) is 0 Å². The van der Waals surface area contributed by atoms with Crippen LogP contribution in [0, 0.1) is 0 Å². The Kier molecular flexibility index (Phi) is 7.42. The number of hydrogen-bond acceptors (Lipinski definition) is 6. The zero-order valence-electron chi connectivity index (χ0n) is 21.5. The van der Waals surface area contributed by atoms with Gasteiger partial charge in [-0.25, -0.2) is 0 Å². The van der Waals surface area contributed by atoms with Crippen LogP contribution in [0.3, 0.4) is 0 Å². The quantitative estimate of drug-likeness (QED) is 0.201. The van der Waals surface area contributed by atoms with Crippen molar-refractivity contribution >= 4 is 38.5 Å². The van der Waals surface area contributed by atoms with Crippen molar-refractivity contribution < 1.29 is 23.4 Å². The molecule has 0 saturated heterocycles. The van der Waals surface area contributed by atoms with Crippen molar-refractivity contribution in [1.82, 2.24) is 0 Å². The predicted octanol–water partition coefficient (Wildman–Crippen LogP) is 6.89. The molecule has 0 aliphatic carbocycles. The second-order valence-corrected chi connectivity index (χ2v) is 9.85. The van der Waals surface area contributed by atoms with E-state index >= 15 is 0 Å². The van der Waals surface area contributed by atoms with Gasteiger partial charge in [0.05, 0.1) is 37.3 Å². The molecule has 5 rings (SSSR count). The molecule has 38 heavy (non-hydrogen) atoms. The monoisotopic (exact) mass is 577 g/mol. The van der Waals surface area contributed by atoms with Crippen molar-refractivity contribution in [3.05, 3.63) is 92.2 Å². The maximum Gasteiger partial charge on any atom is 0.295 e. The number of hydrogen-bond donors (Lipinski definition) is 0. The minimum Gasteiger partial charge on any atom is -0.497 e. The number of methoxy groups -OCH3 is 1. The van der Waals surface area contributed by atoms with Crippen molar-refractivity contribution in [2.75, 3.05) is 25.2 Å². The fraction of sp³-hybridized carbons (Fsp3) is 0.267. The normalized spacial score (nSPS) is 14.6. The highest BCUT2D eigenvalue weighted by atomic mass is 79.9. The van der Waals surface area contributed by atoms with Crippen LogP contribution in [0.15, 0.2) is 74.3 Å². The van der Waals surface area contributed by atoms with Gasteiger partial charge in [0, 0.05) is 16.2 Å². The molecule has 2 heterocycles. The molecule has 1 aromatic heterocycles. The lowest BCUT2D eigenvalue weighted by Crippen LogP contribution is -2.29. The van der Waals surface area contributed by atoms with Gasteiger partial charge in [-0.1, -0.05) is 41.4 Å². The second kappa shape index (κ2) is 10.9. The number of anilines is 1. The average molecular weight is 578 g/mol. The minimum absolute atomic E-state index is 0.0267. The highest BCUT2D eigenvalue weighted by Gasteiger charge is 2.44. The Morgan fingerprint density at radius 2 is 1.82 bits per heavy atom. The molecule has 1 aliphatic rings. The summed E-state index contributed by atoms with van der Waals surface area (Å²) in [6.07, 6.45) is 1.93. The van der Waals surface area contributed by atoms with E-state index in [1.807, 2.05) is 31.2 Å². The number of unbranched alkanes of at least 4 members (excludes halogenated alkanes) is 1. The van der Waals surface area contributed by atoms with Crippen LogP contribution >= 0.6 is 15.9 Å². The number of rotatable bonds is 9. The number of amides is 1. The molecule has 1 unspecified atom stereocenters. The molecule has 0 radical (unpaired) electrons. The zero-order chi connectivity index (χ0) is 26.8. The number of carbonyl (C=O) groups excluding carboxylic acids is 1. The van der Waals surface area contributed by atoms with E-state index in [9.17, 15) is 9.59 Å². The first-order valence-corrected chi connectivity index (χ1v) is 13.4. The Bertz CT molecular complexity index is 1560. The maximum atomic E-state index is 13.9.